The highest BCUT2D eigenvalue weighted by Gasteiger charge is 2.28. The van der Waals surface area contributed by atoms with E-state index in [9.17, 15) is 4.79 Å². The zero-order valence-electron chi connectivity index (χ0n) is 13.2. The van der Waals surface area contributed by atoms with Crippen molar-refractivity contribution in [2.45, 2.75) is 58.7 Å². The van der Waals surface area contributed by atoms with Crippen molar-refractivity contribution in [3.63, 3.8) is 0 Å². The molecule has 0 unspecified atom stereocenters. The van der Waals surface area contributed by atoms with Gasteiger partial charge in [-0.25, -0.2) is 0 Å². The summed E-state index contributed by atoms with van der Waals surface area (Å²) >= 11 is 0. The molecule has 1 aromatic carbocycles. The molecule has 3 nitrogen and oxygen atoms in total. The summed E-state index contributed by atoms with van der Waals surface area (Å²) in [6.45, 7) is 7.09. The van der Waals surface area contributed by atoms with Crippen molar-refractivity contribution in [1.82, 2.24) is 10.2 Å². The number of carbonyl (C=O) groups excluding carboxylic acids is 1. The Balaban J connectivity index is 1.82. The highest BCUT2D eigenvalue weighted by molar-refractivity contribution is 5.94. The first-order chi connectivity index (χ1) is 10.1. The van der Waals surface area contributed by atoms with Gasteiger partial charge in [0.2, 0.25) is 0 Å². The summed E-state index contributed by atoms with van der Waals surface area (Å²) in [4.78, 5) is 15.1. The number of hydrogen-bond donors (Lipinski definition) is 1. The number of nitrogens with zero attached hydrogens (tertiary/aromatic N) is 1. The number of amides is 1. The van der Waals surface area contributed by atoms with Gasteiger partial charge in [-0.1, -0.05) is 32.8 Å². The van der Waals surface area contributed by atoms with Crippen LogP contribution in [0, 0.1) is 5.92 Å². The molecule has 1 aliphatic carbocycles. The molecule has 1 saturated carbocycles. The van der Waals surface area contributed by atoms with Gasteiger partial charge in [0.25, 0.3) is 5.91 Å². The Bertz CT molecular complexity index is 518. The Morgan fingerprint density at radius 3 is 2.67 bits per heavy atom. The molecule has 1 N–H and O–H groups in total. The summed E-state index contributed by atoms with van der Waals surface area (Å²) in [5.41, 5.74) is 3.49. The summed E-state index contributed by atoms with van der Waals surface area (Å²) in [7, 11) is 0. The van der Waals surface area contributed by atoms with Crippen LogP contribution >= 0.6 is 0 Å². The quantitative estimate of drug-likeness (QED) is 0.921. The first-order valence-corrected chi connectivity index (χ1v) is 8.28. The number of benzene rings is 1. The van der Waals surface area contributed by atoms with Crippen molar-refractivity contribution in [2.75, 3.05) is 6.54 Å². The van der Waals surface area contributed by atoms with Gasteiger partial charge in [-0.15, -0.1) is 0 Å². The number of fused-ring (bicyclic) bond motifs is 1. The molecule has 3 heteroatoms. The molecule has 0 saturated heterocycles. The molecule has 1 fully saturated rings. The van der Waals surface area contributed by atoms with E-state index in [1.165, 1.54) is 36.8 Å². The van der Waals surface area contributed by atoms with Crippen LogP contribution in [0.3, 0.4) is 0 Å². The lowest BCUT2D eigenvalue weighted by Crippen LogP contribution is -2.41. The number of nitrogens with one attached hydrogen (secondary N) is 1. The van der Waals surface area contributed by atoms with Crippen molar-refractivity contribution in [3.05, 3.63) is 34.9 Å². The second-order valence-electron chi connectivity index (χ2n) is 6.88. The van der Waals surface area contributed by atoms with Crippen LogP contribution in [-0.4, -0.2) is 23.4 Å². The maximum Gasteiger partial charge on any atom is 0.254 e. The Morgan fingerprint density at radius 2 is 1.95 bits per heavy atom. The van der Waals surface area contributed by atoms with Crippen LogP contribution in [0.1, 0.15) is 61.0 Å². The molecule has 21 heavy (non-hydrogen) atoms. The van der Waals surface area contributed by atoms with E-state index >= 15 is 0 Å². The number of rotatable bonds is 4. The topological polar surface area (TPSA) is 32.3 Å². The fraction of sp³-hybridized carbons (Fsp3) is 0.611. The second-order valence-corrected chi connectivity index (χ2v) is 6.88. The summed E-state index contributed by atoms with van der Waals surface area (Å²) in [6, 6.07) is 6.67. The lowest BCUT2D eigenvalue weighted by molar-refractivity contribution is 0.0655. The number of hydrogen-bond acceptors (Lipinski definition) is 2. The fourth-order valence-corrected chi connectivity index (χ4v) is 3.60. The van der Waals surface area contributed by atoms with E-state index in [2.05, 4.69) is 36.2 Å². The van der Waals surface area contributed by atoms with Crippen molar-refractivity contribution in [1.29, 1.82) is 0 Å². The van der Waals surface area contributed by atoms with Gasteiger partial charge in [-0.3, -0.25) is 4.79 Å². The van der Waals surface area contributed by atoms with Gasteiger partial charge in [0.15, 0.2) is 0 Å². The normalized spacial score (nSPS) is 18.2. The van der Waals surface area contributed by atoms with Gasteiger partial charge in [-0.05, 0) is 42.0 Å². The van der Waals surface area contributed by atoms with Gasteiger partial charge >= 0.3 is 0 Å². The van der Waals surface area contributed by atoms with E-state index in [0.29, 0.717) is 12.0 Å². The van der Waals surface area contributed by atoms with Crippen LogP contribution in [0.5, 0.6) is 0 Å². The molecule has 1 aromatic rings. The van der Waals surface area contributed by atoms with Crippen molar-refractivity contribution in [2.24, 2.45) is 5.92 Å². The summed E-state index contributed by atoms with van der Waals surface area (Å²) in [5, 5.41) is 3.35. The second kappa shape index (κ2) is 6.18. The Kier molecular flexibility index (Phi) is 4.29. The van der Waals surface area contributed by atoms with Gasteiger partial charge in [0.1, 0.15) is 0 Å². The van der Waals surface area contributed by atoms with Crippen LogP contribution < -0.4 is 5.32 Å². The standard InChI is InChI=1S/C18H26N2O/c1-13(2)12-20(17-5-3-4-6-17)18(21)14-7-8-15-10-19-11-16(15)9-14/h7-9,13,17,19H,3-6,10-12H2,1-2H3. The van der Waals surface area contributed by atoms with Crippen LogP contribution in [-0.2, 0) is 13.1 Å². The van der Waals surface area contributed by atoms with E-state index in [0.717, 1.165) is 25.2 Å². The van der Waals surface area contributed by atoms with Gasteiger partial charge < -0.3 is 10.2 Å². The molecule has 1 amide bonds. The van der Waals surface area contributed by atoms with Crippen LogP contribution in [0.2, 0.25) is 0 Å². The molecule has 1 aliphatic heterocycles. The maximum absolute atomic E-state index is 13.0. The van der Waals surface area contributed by atoms with Crippen LogP contribution in [0.15, 0.2) is 18.2 Å². The van der Waals surface area contributed by atoms with E-state index in [1.54, 1.807) is 0 Å². The number of carbonyl (C=O) groups is 1. The molecular weight excluding hydrogens is 260 g/mol. The molecule has 0 radical (unpaired) electrons. The van der Waals surface area contributed by atoms with Crippen molar-refractivity contribution >= 4 is 5.91 Å². The molecule has 0 bridgehead atoms. The molecule has 0 spiro atoms. The molecule has 114 valence electrons. The highest BCUT2D eigenvalue weighted by atomic mass is 16.2. The van der Waals surface area contributed by atoms with Crippen LogP contribution in [0.25, 0.3) is 0 Å². The first-order valence-electron chi connectivity index (χ1n) is 8.28. The Morgan fingerprint density at radius 1 is 1.24 bits per heavy atom. The van der Waals surface area contributed by atoms with E-state index < -0.39 is 0 Å². The predicted molar refractivity (Wildman–Crippen MR) is 85.1 cm³/mol. The highest BCUT2D eigenvalue weighted by Crippen LogP contribution is 2.26. The van der Waals surface area contributed by atoms with Crippen molar-refractivity contribution < 1.29 is 4.79 Å². The smallest absolute Gasteiger partial charge is 0.254 e. The molecule has 0 aromatic heterocycles. The Labute approximate surface area is 127 Å². The average Bonchev–Trinajstić information content (AvgIpc) is 3.13. The molecule has 0 atom stereocenters. The monoisotopic (exact) mass is 286 g/mol. The first kappa shape index (κ1) is 14.6. The van der Waals surface area contributed by atoms with Crippen molar-refractivity contribution in [3.8, 4) is 0 Å². The van der Waals surface area contributed by atoms with E-state index in [1.807, 2.05) is 6.07 Å². The third-order valence-corrected chi connectivity index (χ3v) is 4.67. The van der Waals surface area contributed by atoms with E-state index in [-0.39, 0.29) is 5.91 Å². The van der Waals surface area contributed by atoms with Crippen LogP contribution in [0.4, 0.5) is 0 Å². The average molecular weight is 286 g/mol. The summed E-state index contributed by atoms with van der Waals surface area (Å²) < 4.78 is 0. The summed E-state index contributed by atoms with van der Waals surface area (Å²) in [6.07, 6.45) is 4.87. The predicted octanol–water partition coefficient (Wildman–Crippen LogP) is 3.33. The van der Waals surface area contributed by atoms with Gasteiger partial charge in [-0.2, -0.15) is 0 Å². The fourth-order valence-electron chi connectivity index (χ4n) is 3.60. The minimum absolute atomic E-state index is 0.227. The maximum atomic E-state index is 13.0. The minimum Gasteiger partial charge on any atom is -0.335 e. The molecule has 2 aliphatic rings. The SMILES string of the molecule is CC(C)CN(C(=O)c1ccc2c(c1)CNC2)C1CCCC1. The zero-order chi connectivity index (χ0) is 14.8. The lowest BCUT2D eigenvalue weighted by Gasteiger charge is -2.31. The minimum atomic E-state index is 0.227. The third kappa shape index (κ3) is 3.13. The largest absolute Gasteiger partial charge is 0.335 e. The Hall–Kier alpha value is -1.35. The van der Waals surface area contributed by atoms with Gasteiger partial charge in [0, 0.05) is 31.2 Å². The molecule has 3 rings (SSSR count). The van der Waals surface area contributed by atoms with E-state index in [4.69, 9.17) is 0 Å². The zero-order valence-corrected chi connectivity index (χ0v) is 13.2. The summed E-state index contributed by atoms with van der Waals surface area (Å²) in [5.74, 6) is 0.746. The van der Waals surface area contributed by atoms with Gasteiger partial charge in [0.05, 0.1) is 0 Å². The third-order valence-electron chi connectivity index (χ3n) is 4.67. The molecular formula is C18H26N2O. The molecule has 1 heterocycles. The lowest BCUT2D eigenvalue weighted by atomic mass is 10.0.